The van der Waals surface area contributed by atoms with Crippen molar-refractivity contribution in [2.45, 2.75) is 18.7 Å². The average Bonchev–Trinajstić information content (AvgIpc) is 3.22. The fourth-order valence-corrected chi connectivity index (χ4v) is 4.33. The molecule has 1 heterocycles. The van der Waals surface area contributed by atoms with Gasteiger partial charge in [-0.05, 0) is 55.8 Å². The lowest BCUT2D eigenvalue weighted by molar-refractivity contribution is -0.119. The predicted octanol–water partition coefficient (Wildman–Crippen LogP) is 3.90. The van der Waals surface area contributed by atoms with Gasteiger partial charge in [0, 0.05) is 5.02 Å². The minimum absolute atomic E-state index is 0.0689. The van der Waals surface area contributed by atoms with Gasteiger partial charge in [0.05, 0.1) is 23.1 Å². The van der Waals surface area contributed by atoms with Crippen molar-refractivity contribution in [3.05, 3.63) is 82.8 Å². The maximum Gasteiger partial charge on any atom is 0.264 e. The van der Waals surface area contributed by atoms with E-state index in [1.165, 1.54) is 30.7 Å². The number of anilines is 1. The number of nitrogens with one attached hydrogen (secondary N) is 1. The number of amides is 1. The molecule has 1 N–H and O–H groups in total. The van der Waals surface area contributed by atoms with Gasteiger partial charge in [-0.25, -0.2) is 13.8 Å². The van der Waals surface area contributed by atoms with Crippen molar-refractivity contribution in [1.29, 1.82) is 0 Å². The van der Waals surface area contributed by atoms with Crippen LogP contribution in [0.25, 0.3) is 0 Å². The number of hydrogen-bond donors (Lipinski definition) is 1. The number of nitrogens with zero attached hydrogens (tertiary/aromatic N) is 2. The maximum absolute atomic E-state index is 13.4. The number of furan rings is 1. The summed E-state index contributed by atoms with van der Waals surface area (Å²) in [6, 6.07) is 14.6. The van der Waals surface area contributed by atoms with E-state index in [9.17, 15) is 13.2 Å². The molecule has 9 heteroatoms. The Balaban J connectivity index is 1.92. The summed E-state index contributed by atoms with van der Waals surface area (Å²) < 4.78 is 32.8. The van der Waals surface area contributed by atoms with Crippen LogP contribution in [0.4, 0.5) is 5.69 Å². The van der Waals surface area contributed by atoms with E-state index in [4.69, 9.17) is 16.0 Å². The SMILES string of the molecule is Cc1ccc(S(=O)(=O)N(CC(=O)N/N=C\c2ccco2)c2cc(Cl)ccc2C)cc1. The van der Waals surface area contributed by atoms with Gasteiger partial charge in [0.15, 0.2) is 0 Å². The van der Waals surface area contributed by atoms with Crippen LogP contribution < -0.4 is 9.73 Å². The van der Waals surface area contributed by atoms with Crippen LogP contribution >= 0.6 is 11.6 Å². The highest BCUT2D eigenvalue weighted by Gasteiger charge is 2.28. The molecule has 1 amide bonds. The Bertz CT molecular complexity index is 1160. The van der Waals surface area contributed by atoms with Gasteiger partial charge in [-0.1, -0.05) is 35.4 Å². The summed E-state index contributed by atoms with van der Waals surface area (Å²) in [5.74, 6) is -0.169. The minimum atomic E-state index is -4.03. The van der Waals surface area contributed by atoms with Crippen LogP contribution in [0.15, 0.2) is 75.3 Å². The van der Waals surface area contributed by atoms with E-state index >= 15 is 0 Å². The van der Waals surface area contributed by atoms with E-state index in [1.54, 1.807) is 43.3 Å². The van der Waals surface area contributed by atoms with Crippen LogP contribution in [-0.2, 0) is 14.8 Å². The van der Waals surface area contributed by atoms with Crippen molar-refractivity contribution in [1.82, 2.24) is 5.43 Å². The highest BCUT2D eigenvalue weighted by atomic mass is 35.5. The fraction of sp³-hybridized carbons (Fsp3) is 0.143. The number of aryl methyl sites for hydroxylation is 2. The molecule has 0 unspecified atom stereocenters. The topological polar surface area (TPSA) is 92.0 Å². The second-order valence-corrected chi connectivity index (χ2v) is 8.86. The Labute approximate surface area is 180 Å². The quantitative estimate of drug-likeness (QED) is 0.441. The average molecular weight is 446 g/mol. The van der Waals surface area contributed by atoms with Gasteiger partial charge in [-0.15, -0.1) is 0 Å². The lowest BCUT2D eigenvalue weighted by Gasteiger charge is -2.25. The number of hydrazone groups is 1. The molecule has 0 saturated carbocycles. The molecular weight excluding hydrogens is 426 g/mol. The van der Waals surface area contributed by atoms with Gasteiger partial charge < -0.3 is 4.42 Å². The summed E-state index contributed by atoms with van der Waals surface area (Å²) in [5.41, 5.74) is 4.21. The molecule has 0 aliphatic carbocycles. The van der Waals surface area contributed by atoms with Crippen LogP contribution in [0.1, 0.15) is 16.9 Å². The molecule has 0 atom stereocenters. The lowest BCUT2D eigenvalue weighted by atomic mass is 10.2. The van der Waals surface area contributed by atoms with Gasteiger partial charge in [-0.3, -0.25) is 9.10 Å². The molecule has 0 aliphatic rings. The third kappa shape index (κ3) is 5.08. The van der Waals surface area contributed by atoms with Crippen molar-refractivity contribution in [3.8, 4) is 0 Å². The Morgan fingerprint density at radius 2 is 1.90 bits per heavy atom. The van der Waals surface area contributed by atoms with E-state index in [2.05, 4.69) is 10.5 Å². The zero-order valence-corrected chi connectivity index (χ0v) is 17.9. The molecule has 156 valence electrons. The summed E-state index contributed by atoms with van der Waals surface area (Å²) in [6.07, 6.45) is 2.79. The molecule has 7 nitrogen and oxygen atoms in total. The first-order chi connectivity index (χ1) is 14.3. The number of benzene rings is 2. The van der Waals surface area contributed by atoms with Crippen LogP contribution in [-0.4, -0.2) is 27.1 Å². The summed E-state index contributed by atoms with van der Waals surface area (Å²) in [7, 11) is -4.03. The molecule has 0 spiro atoms. The van der Waals surface area contributed by atoms with E-state index in [1.807, 2.05) is 6.92 Å². The lowest BCUT2D eigenvalue weighted by Crippen LogP contribution is -2.40. The molecule has 3 aromatic rings. The van der Waals surface area contributed by atoms with Crippen LogP contribution in [0.2, 0.25) is 5.02 Å². The Hall–Kier alpha value is -3.10. The molecule has 30 heavy (non-hydrogen) atoms. The van der Waals surface area contributed by atoms with E-state index in [0.717, 1.165) is 9.87 Å². The van der Waals surface area contributed by atoms with Crippen LogP contribution in [0, 0.1) is 13.8 Å². The fourth-order valence-electron chi connectivity index (χ4n) is 2.69. The van der Waals surface area contributed by atoms with Crippen molar-refractivity contribution in [3.63, 3.8) is 0 Å². The Morgan fingerprint density at radius 1 is 1.17 bits per heavy atom. The number of carbonyl (C=O) groups is 1. The van der Waals surface area contributed by atoms with Gasteiger partial charge in [0.1, 0.15) is 12.3 Å². The van der Waals surface area contributed by atoms with Crippen molar-refractivity contribution in [2.75, 3.05) is 10.8 Å². The second kappa shape index (κ2) is 9.15. The van der Waals surface area contributed by atoms with Gasteiger partial charge >= 0.3 is 0 Å². The molecule has 3 rings (SSSR count). The minimum Gasteiger partial charge on any atom is -0.463 e. The summed E-state index contributed by atoms with van der Waals surface area (Å²) in [4.78, 5) is 12.6. The summed E-state index contributed by atoms with van der Waals surface area (Å²) >= 11 is 6.10. The molecule has 1 aromatic heterocycles. The Kier molecular flexibility index (Phi) is 6.59. The van der Waals surface area contributed by atoms with Gasteiger partial charge in [-0.2, -0.15) is 5.10 Å². The summed E-state index contributed by atoms with van der Waals surface area (Å²) in [5, 5.41) is 4.16. The van der Waals surface area contributed by atoms with Crippen molar-refractivity contribution in [2.24, 2.45) is 5.10 Å². The molecule has 0 bridgehead atoms. The van der Waals surface area contributed by atoms with Crippen molar-refractivity contribution >= 4 is 39.4 Å². The zero-order chi connectivity index (χ0) is 21.7. The van der Waals surface area contributed by atoms with E-state index in [0.29, 0.717) is 22.0 Å². The largest absolute Gasteiger partial charge is 0.463 e. The van der Waals surface area contributed by atoms with E-state index in [-0.39, 0.29) is 4.90 Å². The highest BCUT2D eigenvalue weighted by Crippen LogP contribution is 2.29. The highest BCUT2D eigenvalue weighted by molar-refractivity contribution is 7.92. The summed E-state index contributed by atoms with van der Waals surface area (Å²) in [6.45, 7) is 3.13. The molecule has 0 fully saturated rings. The normalized spacial score (nSPS) is 11.6. The third-order valence-electron chi connectivity index (χ3n) is 4.26. The van der Waals surface area contributed by atoms with Crippen LogP contribution in [0.5, 0.6) is 0 Å². The third-order valence-corrected chi connectivity index (χ3v) is 6.27. The maximum atomic E-state index is 13.4. The number of halogens is 1. The smallest absolute Gasteiger partial charge is 0.264 e. The van der Waals surface area contributed by atoms with Crippen LogP contribution in [0.3, 0.4) is 0 Å². The standard InChI is InChI=1S/C21H20ClN3O4S/c1-15-5-9-19(10-6-15)30(27,28)25(20-12-17(22)8-7-16(20)2)14-21(26)24-23-13-18-4-3-11-29-18/h3-13H,14H2,1-2H3,(H,24,26)/b23-13-. The molecule has 0 saturated heterocycles. The Morgan fingerprint density at radius 3 is 2.57 bits per heavy atom. The molecular formula is C21H20ClN3O4S. The van der Waals surface area contributed by atoms with Gasteiger partial charge in [0.2, 0.25) is 0 Å². The molecule has 0 aliphatic heterocycles. The monoisotopic (exact) mass is 445 g/mol. The first-order valence-electron chi connectivity index (χ1n) is 8.98. The number of sulfonamides is 1. The first kappa shape index (κ1) is 21.6. The van der Waals surface area contributed by atoms with Crippen molar-refractivity contribution < 1.29 is 17.6 Å². The molecule has 0 radical (unpaired) electrons. The number of carbonyl (C=O) groups excluding carboxylic acids is 1. The second-order valence-electron chi connectivity index (χ2n) is 6.56. The number of rotatable bonds is 7. The zero-order valence-electron chi connectivity index (χ0n) is 16.4. The first-order valence-corrected chi connectivity index (χ1v) is 10.8. The van der Waals surface area contributed by atoms with Gasteiger partial charge in [0.25, 0.3) is 15.9 Å². The molecule has 2 aromatic carbocycles. The van der Waals surface area contributed by atoms with E-state index < -0.39 is 22.5 Å². The predicted molar refractivity (Wildman–Crippen MR) is 116 cm³/mol. The number of hydrogen-bond acceptors (Lipinski definition) is 5.